The molecular formula is C22H25ClN4O3. The lowest BCUT2D eigenvalue weighted by Gasteiger charge is -2.18. The molecule has 0 radical (unpaired) electrons. The van der Waals surface area contributed by atoms with Crippen molar-refractivity contribution in [2.75, 3.05) is 13.6 Å². The highest BCUT2D eigenvalue weighted by Gasteiger charge is 2.12. The van der Waals surface area contributed by atoms with Crippen molar-refractivity contribution in [3.63, 3.8) is 0 Å². The average Bonchev–Trinajstić information content (AvgIpc) is 3.10. The molecule has 1 unspecified atom stereocenters. The SMILES string of the molecule is Cc1nonc1CN(C)Cc1cccc(OC(C)CNC(=O)c2cccc(Cl)c2)c1. The third-order valence-corrected chi connectivity index (χ3v) is 4.73. The first-order chi connectivity index (χ1) is 14.4. The van der Waals surface area contributed by atoms with Gasteiger partial charge in [-0.15, -0.1) is 0 Å². The van der Waals surface area contributed by atoms with Crippen LogP contribution in [-0.4, -0.2) is 40.8 Å². The van der Waals surface area contributed by atoms with Gasteiger partial charge in [-0.05, 0) is 56.8 Å². The molecule has 0 aliphatic heterocycles. The number of benzene rings is 2. The van der Waals surface area contributed by atoms with Crippen LogP contribution in [0.15, 0.2) is 53.2 Å². The van der Waals surface area contributed by atoms with E-state index in [9.17, 15) is 4.79 Å². The fraction of sp³-hybridized carbons (Fsp3) is 0.318. The molecule has 0 spiro atoms. The second kappa shape index (κ2) is 10.2. The van der Waals surface area contributed by atoms with E-state index in [0.29, 0.717) is 23.7 Å². The predicted octanol–water partition coefficient (Wildman–Crippen LogP) is 3.86. The zero-order chi connectivity index (χ0) is 21.5. The molecule has 3 rings (SSSR count). The topological polar surface area (TPSA) is 80.5 Å². The highest BCUT2D eigenvalue weighted by atomic mass is 35.5. The molecular weight excluding hydrogens is 404 g/mol. The largest absolute Gasteiger partial charge is 0.489 e. The number of carbonyl (C=O) groups is 1. The average molecular weight is 429 g/mol. The number of hydrogen-bond acceptors (Lipinski definition) is 6. The summed E-state index contributed by atoms with van der Waals surface area (Å²) in [5.41, 5.74) is 3.26. The first kappa shape index (κ1) is 21.8. The van der Waals surface area contributed by atoms with E-state index in [0.717, 1.165) is 29.2 Å². The maximum atomic E-state index is 12.2. The maximum Gasteiger partial charge on any atom is 0.251 e. The number of carbonyl (C=O) groups excluding carboxylic acids is 1. The first-order valence-corrected chi connectivity index (χ1v) is 10.0. The molecule has 1 atom stereocenters. The second-order valence-corrected chi connectivity index (χ2v) is 7.70. The van der Waals surface area contributed by atoms with E-state index >= 15 is 0 Å². The predicted molar refractivity (Wildman–Crippen MR) is 115 cm³/mol. The molecule has 30 heavy (non-hydrogen) atoms. The standard InChI is InChI=1S/C22H25ClN4O3/c1-15(12-24-22(28)18-7-5-8-19(23)11-18)29-20-9-4-6-17(10-20)13-27(3)14-21-16(2)25-30-26-21/h4-11,15H,12-14H2,1-3H3,(H,24,28). The van der Waals surface area contributed by atoms with Gasteiger partial charge in [0.1, 0.15) is 23.2 Å². The van der Waals surface area contributed by atoms with Gasteiger partial charge in [0, 0.05) is 23.7 Å². The number of hydrogen-bond donors (Lipinski definition) is 1. The Bertz CT molecular complexity index is 992. The van der Waals surface area contributed by atoms with Crippen molar-refractivity contribution in [3.8, 4) is 5.75 Å². The molecule has 1 heterocycles. The molecule has 7 nitrogen and oxygen atoms in total. The summed E-state index contributed by atoms with van der Waals surface area (Å²) < 4.78 is 10.7. The van der Waals surface area contributed by atoms with E-state index in [-0.39, 0.29) is 12.0 Å². The van der Waals surface area contributed by atoms with E-state index in [1.165, 1.54) is 0 Å². The van der Waals surface area contributed by atoms with Crippen LogP contribution in [0.3, 0.4) is 0 Å². The molecule has 0 bridgehead atoms. The van der Waals surface area contributed by atoms with Gasteiger partial charge >= 0.3 is 0 Å². The van der Waals surface area contributed by atoms with Gasteiger partial charge in [-0.3, -0.25) is 9.69 Å². The summed E-state index contributed by atoms with van der Waals surface area (Å²) in [6, 6.07) is 14.8. The molecule has 1 aromatic heterocycles. The Kier molecular flexibility index (Phi) is 7.43. The van der Waals surface area contributed by atoms with Gasteiger partial charge in [-0.1, -0.05) is 40.1 Å². The number of rotatable bonds is 9. The summed E-state index contributed by atoms with van der Waals surface area (Å²) in [4.78, 5) is 14.4. The Labute approximate surface area is 180 Å². The van der Waals surface area contributed by atoms with Crippen LogP contribution in [0, 0.1) is 6.92 Å². The number of nitrogens with zero attached hydrogens (tertiary/aromatic N) is 3. The van der Waals surface area contributed by atoms with Crippen LogP contribution < -0.4 is 10.1 Å². The fourth-order valence-electron chi connectivity index (χ4n) is 2.98. The van der Waals surface area contributed by atoms with Crippen LogP contribution in [0.5, 0.6) is 5.75 Å². The number of amides is 1. The second-order valence-electron chi connectivity index (χ2n) is 7.26. The van der Waals surface area contributed by atoms with Gasteiger partial charge in [0.25, 0.3) is 5.91 Å². The van der Waals surface area contributed by atoms with E-state index in [1.807, 2.05) is 45.2 Å². The number of aromatic nitrogens is 2. The molecule has 8 heteroatoms. The number of nitrogens with one attached hydrogen (secondary N) is 1. The summed E-state index contributed by atoms with van der Waals surface area (Å²) in [7, 11) is 2.01. The van der Waals surface area contributed by atoms with E-state index in [4.69, 9.17) is 21.0 Å². The van der Waals surface area contributed by atoms with Crippen molar-refractivity contribution >= 4 is 17.5 Å². The Hall–Kier alpha value is -2.90. The molecule has 3 aromatic rings. The normalized spacial score (nSPS) is 12.0. The van der Waals surface area contributed by atoms with Gasteiger partial charge in [0.2, 0.25) is 0 Å². The number of aryl methyl sites for hydroxylation is 1. The summed E-state index contributed by atoms with van der Waals surface area (Å²) >= 11 is 5.94. The molecule has 158 valence electrons. The van der Waals surface area contributed by atoms with E-state index < -0.39 is 0 Å². The third kappa shape index (κ3) is 6.30. The Morgan fingerprint density at radius 1 is 1.20 bits per heavy atom. The fourth-order valence-corrected chi connectivity index (χ4v) is 3.17. The van der Waals surface area contributed by atoms with Crippen LogP contribution in [-0.2, 0) is 13.1 Å². The van der Waals surface area contributed by atoms with Crippen LogP contribution in [0.4, 0.5) is 0 Å². The Morgan fingerprint density at radius 2 is 2.00 bits per heavy atom. The van der Waals surface area contributed by atoms with Crippen molar-refractivity contribution in [2.45, 2.75) is 33.0 Å². The number of ether oxygens (including phenoxy) is 1. The molecule has 0 saturated heterocycles. The van der Waals surface area contributed by atoms with E-state index in [1.54, 1.807) is 24.3 Å². The highest BCUT2D eigenvalue weighted by molar-refractivity contribution is 6.30. The first-order valence-electron chi connectivity index (χ1n) is 9.66. The van der Waals surface area contributed by atoms with Crippen molar-refractivity contribution in [1.82, 2.24) is 20.5 Å². The molecule has 2 aromatic carbocycles. The highest BCUT2D eigenvalue weighted by Crippen LogP contribution is 2.17. The minimum absolute atomic E-state index is 0.180. The van der Waals surface area contributed by atoms with Gasteiger partial charge in [0.15, 0.2) is 0 Å². The van der Waals surface area contributed by atoms with Crippen molar-refractivity contribution in [1.29, 1.82) is 0 Å². The Morgan fingerprint density at radius 3 is 2.73 bits per heavy atom. The monoisotopic (exact) mass is 428 g/mol. The van der Waals surface area contributed by atoms with Crippen molar-refractivity contribution in [2.24, 2.45) is 0 Å². The zero-order valence-electron chi connectivity index (χ0n) is 17.3. The molecule has 0 aliphatic carbocycles. The third-order valence-electron chi connectivity index (χ3n) is 4.49. The summed E-state index contributed by atoms with van der Waals surface area (Å²) in [5.74, 6) is 0.575. The zero-order valence-corrected chi connectivity index (χ0v) is 18.0. The number of halogens is 1. The van der Waals surface area contributed by atoms with Crippen LogP contribution in [0.25, 0.3) is 0 Å². The quantitative estimate of drug-likeness (QED) is 0.557. The maximum absolute atomic E-state index is 12.2. The lowest BCUT2D eigenvalue weighted by Crippen LogP contribution is -2.33. The Balaban J connectivity index is 1.50. The van der Waals surface area contributed by atoms with Gasteiger partial charge in [0.05, 0.1) is 6.54 Å². The molecule has 0 saturated carbocycles. The lowest BCUT2D eigenvalue weighted by atomic mass is 10.2. The van der Waals surface area contributed by atoms with Crippen molar-refractivity contribution in [3.05, 3.63) is 76.1 Å². The van der Waals surface area contributed by atoms with Crippen LogP contribution in [0.1, 0.15) is 34.2 Å². The summed E-state index contributed by atoms with van der Waals surface area (Å²) in [5, 5.41) is 11.1. The molecule has 0 aliphatic rings. The van der Waals surface area contributed by atoms with Gasteiger partial charge in [-0.2, -0.15) is 0 Å². The van der Waals surface area contributed by atoms with Gasteiger partial charge in [-0.25, -0.2) is 4.63 Å². The molecule has 1 amide bonds. The summed E-state index contributed by atoms with van der Waals surface area (Å²) in [6.07, 6.45) is -0.190. The van der Waals surface area contributed by atoms with E-state index in [2.05, 4.69) is 20.5 Å². The minimum Gasteiger partial charge on any atom is -0.489 e. The smallest absolute Gasteiger partial charge is 0.251 e. The molecule has 1 N–H and O–H groups in total. The van der Waals surface area contributed by atoms with Crippen LogP contribution >= 0.6 is 11.6 Å². The van der Waals surface area contributed by atoms with Crippen molar-refractivity contribution < 1.29 is 14.2 Å². The summed E-state index contributed by atoms with van der Waals surface area (Å²) in [6.45, 7) is 5.54. The van der Waals surface area contributed by atoms with Crippen LogP contribution in [0.2, 0.25) is 5.02 Å². The van der Waals surface area contributed by atoms with Gasteiger partial charge < -0.3 is 10.1 Å². The lowest BCUT2D eigenvalue weighted by molar-refractivity contribution is 0.0932. The molecule has 0 fully saturated rings. The minimum atomic E-state index is -0.190.